The van der Waals surface area contributed by atoms with Crippen LogP contribution >= 0.6 is 0 Å². The largest absolute Gasteiger partial charge is 0.416 e. The van der Waals surface area contributed by atoms with Crippen molar-refractivity contribution in [3.63, 3.8) is 0 Å². The monoisotopic (exact) mass is 367 g/mol. The minimum absolute atomic E-state index is 0.447. The van der Waals surface area contributed by atoms with Crippen LogP contribution in [0.15, 0.2) is 67.1 Å². The molecule has 0 spiro atoms. The molecule has 4 rings (SSSR count). The van der Waals surface area contributed by atoms with E-state index in [4.69, 9.17) is 0 Å². The number of hydrogen-bond acceptors (Lipinski definition) is 5. The number of alkyl halides is 3. The number of rotatable bonds is 3. The molecule has 3 heterocycles. The van der Waals surface area contributed by atoms with Gasteiger partial charge in [-0.05, 0) is 48.5 Å². The van der Waals surface area contributed by atoms with Crippen LogP contribution < -0.4 is 5.32 Å². The molecular weight excluding hydrogens is 355 g/mol. The quantitative estimate of drug-likeness (QED) is 0.561. The summed E-state index contributed by atoms with van der Waals surface area (Å²) >= 11 is 0. The van der Waals surface area contributed by atoms with Gasteiger partial charge in [0.05, 0.1) is 17.0 Å². The molecular formula is C19H12F3N5. The van der Waals surface area contributed by atoms with Crippen molar-refractivity contribution in [2.24, 2.45) is 0 Å². The second-order valence-corrected chi connectivity index (χ2v) is 5.74. The van der Waals surface area contributed by atoms with E-state index in [2.05, 4.69) is 25.3 Å². The lowest BCUT2D eigenvalue weighted by Gasteiger charge is -2.09. The smallest absolute Gasteiger partial charge is 0.340 e. The predicted octanol–water partition coefficient (Wildman–Crippen LogP) is 4.85. The Kier molecular flexibility index (Phi) is 4.15. The van der Waals surface area contributed by atoms with Gasteiger partial charge in [0.1, 0.15) is 12.1 Å². The highest BCUT2D eigenvalue weighted by molar-refractivity contribution is 5.77. The summed E-state index contributed by atoms with van der Waals surface area (Å²) in [6.45, 7) is 0. The molecule has 0 radical (unpaired) electrons. The van der Waals surface area contributed by atoms with Crippen molar-refractivity contribution < 1.29 is 13.2 Å². The van der Waals surface area contributed by atoms with Crippen LogP contribution in [0.3, 0.4) is 0 Å². The lowest BCUT2D eigenvalue weighted by atomic mass is 10.2. The average Bonchev–Trinajstić information content (AvgIpc) is 2.67. The zero-order valence-corrected chi connectivity index (χ0v) is 13.8. The normalized spacial score (nSPS) is 11.5. The van der Waals surface area contributed by atoms with Crippen molar-refractivity contribution in [3.05, 3.63) is 72.7 Å². The van der Waals surface area contributed by atoms with Crippen molar-refractivity contribution in [1.29, 1.82) is 0 Å². The maximum Gasteiger partial charge on any atom is 0.416 e. The Morgan fingerprint density at radius 2 is 1.63 bits per heavy atom. The molecule has 5 nitrogen and oxygen atoms in total. The van der Waals surface area contributed by atoms with Crippen LogP contribution in [-0.4, -0.2) is 19.9 Å². The van der Waals surface area contributed by atoms with E-state index < -0.39 is 11.7 Å². The summed E-state index contributed by atoms with van der Waals surface area (Å²) in [5.74, 6) is 0.447. The second-order valence-electron chi connectivity index (χ2n) is 5.74. The van der Waals surface area contributed by atoms with Gasteiger partial charge in [0.15, 0.2) is 5.65 Å². The van der Waals surface area contributed by atoms with E-state index in [1.165, 1.54) is 18.5 Å². The van der Waals surface area contributed by atoms with Gasteiger partial charge in [-0.25, -0.2) is 19.9 Å². The maximum absolute atomic E-state index is 12.6. The fourth-order valence-electron chi connectivity index (χ4n) is 2.55. The number of halogens is 3. The van der Waals surface area contributed by atoms with E-state index >= 15 is 0 Å². The number of nitrogens with one attached hydrogen (secondary N) is 1. The average molecular weight is 367 g/mol. The number of pyridine rings is 2. The molecule has 134 valence electrons. The first-order chi connectivity index (χ1) is 13.0. The Hall–Kier alpha value is -3.55. The standard InChI is InChI=1S/C19H12F3N5/c20-19(21,22)13-4-6-14(7-5-13)26-17-10-16(24-11-25-17)15-8-3-12-2-1-9-23-18(12)27-15/h1-11H,(H,24,25,26). The third-order valence-electron chi connectivity index (χ3n) is 3.88. The van der Waals surface area contributed by atoms with Gasteiger partial charge in [-0.15, -0.1) is 0 Å². The lowest BCUT2D eigenvalue weighted by Crippen LogP contribution is -2.04. The van der Waals surface area contributed by atoms with Crippen molar-refractivity contribution in [1.82, 2.24) is 19.9 Å². The van der Waals surface area contributed by atoms with Crippen molar-refractivity contribution in [2.45, 2.75) is 6.18 Å². The zero-order valence-electron chi connectivity index (χ0n) is 13.8. The number of hydrogen-bond donors (Lipinski definition) is 1. The summed E-state index contributed by atoms with van der Waals surface area (Å²) in [6.07, 6.45) is -1.33. The Morgan fingerprint density at radius 1 is 0.815 bits per heavy atom. The van der Waals surface area contributed by atoms with Crippen molar-refractivity contribution in [2.75, 3.05) is 5.32 Å². The number of fused-ring (bicyclic) bond motifs is 1. The van der Waals surface area contributed by atoms with Crippen LogP contribution in [0.25, 0.3) is 22.4 Å². The topological polar surface area (TPSA) is 63.6 Å². The summed E-state index contributed by atoms with van der Waals surface area (Å²) in [5.41, 5.74) is 1.59. The van der Waals surface area contributed by atoms with Gasteiger partial charge in [-0.3, -0.25) is 0 Å². The third kappa shape index (κ3) is 3.69. The Bertz CT molecular complexity index is 1090. The van der Waals surface area contributed by atoms with Crippen molar-refractivity contribution >= 4 is 22.5 Å². The fraction of sp³-hybridized carbons (Fsp3) is 0.0526. The second kappa shape index (κ2) is 6.64. The summed E-state index contributed by atoms with van der Waals surface area (Å²) < 4.78 is 37.9. The highest BCUT2D eigenvalue weighted by Gasteiger charge is 2.29. The Labute approximate surface area is 152 Å². The van der Waals surface area contributed by atoms with Gasteiger partial charge in [0, 0.05) is 23.3 Å². The third-order valence-corrected chi connectivity index (χ3v) is 3.88. The number of anilines is 2. The molecule has 0 saturated carbocycles. The molecule has 0 aliphatic heterocycles. The summed E-state index contributed by atoms with van der Waals surface area (Å²) in [7, 11) is 0. The van der Waals surface area contributed by atoms with Crippen LogP contribution in [0, 0.1) is 0 Å². The van der Waals surface area contributed by atoms with Crippen LogP contribution in [-0.2, 0) is 6.18 Å². The molecule has 27 heavy (non-hydrogen) atoms. The Morgan fingerprint density at radius 3 is 2.41 bits per heavy atom. The van der Waals surface area contributed by atoms with Gasteiger partial charge < -0.3 is 5.32 Å². The first-order valence-corrected chi connectivity index (χ1v) is 7.97. The molecule has 0 saturated heterocycles. The van der Waals surface area contributed by atoms with Crippen LogP contribution in [0.1, 0.15) is 5.56 Å². The SMILES string of the molecule is FC(F)(F)c1ccc(Nc2cc(-c3ccc4cccnc4n3)ncn2)cc1. The van der Waals surface area contributed by atoms with Gasteiger partial charge in [0.25, 0.3) is 0 Å². The molecule has 4 aromatic rings. The summed E-state index contributed by atoms with van der Waals surface area (Å²) in [4.78, 5) is 17.0. The predicted molar refractivity (Wildman–Crippen MR) is 95.3 cm³/mol. The van der Waals surface area contributed by atoms with Crippen LogP contribution in [0.4, 0.5) is 24.7 Å². The summed E-state index contributed by atoms with van der Waals surface area (Å²) in [5, 5.41) is 3.88. The van der Waals surface area contributed by atoms with E-state index in [1.54, 1.807) is 12.3 Å². The first kappa shape index (κ1) is 16.9. The van der Waals surface area contributed by atoms with Crippen LogP contribution in [0.2, 0.25) is 0 Å². The first-order valence-electron chi connectivity index (χ1n) is 7.97. The fourth-order valence-corrected chi connectivity index (χ4v) is 2.55. The molecule has 0 aliphatic carbocycles. The molecule has 0 aliphatic rings. The maximum atomic E-state index is 12.6. The minimum Gasteiger partial charge on any atom is -0.340 e. The van der Waals surface area contributed by atoms with Crippen LogP contribution in [0.5, 0.6) is 0 Å². The Balaban J connectivity index is 1.60. The molecule has 0 amide bonds. The molecule has 0 bridgehead atoms. The van der Waals surface area contributed by atoms with E-state index in [-0.39, 0.29) is 0 Å². The highest BCUT2D eigenvalue weighted by atomic mass is 19.4. The number of benzene rings is 1. The van der Waals surface area contributed by atoms with Crippen molar-refractivity contribution in [3.8, 4) is 11.4 Å². The summed E-state index contributed by atoms with van der Waals surface area (Å²) in [6, 6.07) is 13.9. The van der Waals surface area contributed by atoms with E-state index in [1.807, 2.05) is 24.3 Å². The zero-order chi connectivity index (χ0) is 18.9. The molecule has 0 atom stereocenters. The molecule has 1 aromatic carbocycles. The van der Waals surface area contributed by atoms with Gasteiger partial charge in [-0.1, -0.05) is 0 Å². The number of aromatic nitrogens is 4. The van der Waals surface area contributed by atoms with Gasteiger partial charge >= 0.3 is 6.18 Å². The van der Waals surface area contributed by atoms with Gasteiger partial charge in [0.2, 0.25) is 0 Å². The molecule has 8 heteroatoms. The lowest BCUT2D eigenvalue weighted by molar-refractivity contribution is -0.137. The molecule has 0 unspecified atom stereocenters. The number of nitrogens with zero attached hydrogens (tertiary/aromatic N) is 4. The van der Waals surface area contributed by atoms with E-state index in [9.17, 15) is 13.2 Å². The molecule has 1 N–H and O–H groups in total. The van der Waals surface area contributed by atoms with E-state index in [0.29, 0.717) is 28.5 Å². The van der Waals surface area contributed by atoms with E-state index in [0.717, 1.165) is 17.5 Å². The molecule has 3 aromatic heterocycles. The minimum atomic E-state index is -4.36. The highest BCUT2D eigenvalue weighted by Crippen LogP contribution is 2.30. The van der Waals surface area contributed by atoms with Gasteiger partial charge in [-0.2, -0.15) is 13.2 Å². The molecule has 0 fully saturated rings.